The summed E-state index contributed by atoms with van der Waals surface area (Å²) in [5.74, 6) is -0.0820. The highest BCUT2D eigenvalue weighted by molar-refractivity contribution is 9.10. The molecule has 108 valence electrons. The predicted molar refractivity (Wildman–Crippen MR) is 87.7 cm³/mol. The maximum absolute atomic E-state index is 12.4. The van der Waals surface area contributed by atoms with Crippen LogP contribution in [0.15, 0.2) is 28.9 Å². The van der Waals surface area contributed by atoms with Gasteiger partial charge in [-0.2, -0.15) is 0 Å². The van der Waals surface area contributed by atoms with Crippen LogP contribution in [0.25, 0.3) is 0 Å². The van der Waals surface area contributed by atoms with Crippen LogP contribution in [0.1, 0.15) is 48.2 Å². The molecule has 1 unspecified atom stereocenters. The first kappa shape index (κ1) is 15.6. The van der Waals surface area contributed by atoms with Crippen LogP contribution in [0, 0.1) is 0 Å². The van der Waals surface area contributed by atoms with Crippen molar-refractivity contribution in [3.63, 3.8) is 0 Å². The van der Waals surface area contributed by atoms with E-state index in [-0.39, 0.29) is 18.0 Å². The topological polar surface area (TPSA) is 34.0 Å². The molecule has 0 aliphatic heterocycles. The molecule has 0 aliphatic carbocycles. The van der Waals surface area contributed by atoms with Gasteiger partial charge >= 0.3 is 0 Å². The van der Waals surface area contributed by atoms with Gasteiger partial charge in [0.15, 0.2) is 0 Å². The molecule has 0 saturated carbocycles. The van der Waals surface area contributed by atoms with Gasteiger partial charge in [-0.15, -0.1) is 11.3 Å². The normalized spacial score (nSPS) is 12.7. The number of amides is 1. The fourth-order valence-corrected chi connectivity index (χ4v) is 3.46. The Kier molecular flexibility index (Phi) is 4.94. The number of nitrogens with zero attached hydrogens (tertiary/aromatic N) is 1. The minimum atomic E-state index is -0.0820. The molecule has 0 bridgehead atoms. The second-order valence-electron chi connectivity index (χ2n) is 4.88. The zero-order valence-corrected chi connectivity index (χ0v) is 14.6. The fraction of sp³-hybridized carbons (Fsp3) is 0.357. The molecule has 2 rings (SSSR count). The lowest BCUT2D eigenvalue weighted by Gasteiger charge is -2.15. The van der Waals surface area contributed by atoms with Crippen molar-refractivity contribution >= 4 is 44.8 Å². The van der Waals surface area contributed by atoms with Gasteiger partial charge in [0.25, 0.3) is 5.91 Å². The average Bonchev–Trinajstić information content (AvgIpc) is 2.95. The number of halogens is 2. The Bertz CT molecular complexity index is 620. The van der Waals surface area contributed by atoms with E-state index >= 15 is 0 Å². The van der Waals surface area contributed by atoms with Crippen LogP contribution in [0.4, 0.5) is 0 Å². The molecule has 0 saturated heterocycles. The molecule has 0 fully saturated rings. The molecule has 1 N–H and O–H groups in total. The monoisotopic (exact) mass is 374 g/mol. The zero-order valence-electron chi connectivity index (χ0n) is 11.5. The first-order valence-electron chi connectivity index (χ1n) is 6.32. The van der Waals surface area contributed by atoms with Crippen molar-refractivity contribution < 1.29 is 4.79 Å². The van der Waals surface area contributed by atoms with E-state index in [1.807, 2.05) is 49.7 Å². The number of rotatable bonds is 4. The third-order valence-corrected chi connectivity index (χ3v) is 4.82. The lowest BCUT2D eigenvalue weighted by molar-refractivity contribution is 0.0929. The van der Waals surface area contributed by atoms with E-state index in [0.717, 1.165) is 13.7 Å². The van der Waals surface area contributed by atoms with Crippen molar-refractivity contribution in [1.29, 1.82) is 0 Å². The van der Waals surface area contributed by atoms with Gasteiger partial charge < -0.3 is 9.88 Å². The number of carbonyl (C=O) groups excluding carboxylic acids is 1. The van der Waals surface area contributed by atoms with Crippen LogP contribution in [-0.2, 0) is 0 Å². The average molecular weight is 376 g/mol. The molecule has 2 aromatic rings. The smallest absolute Gasteiger partial charge is 0.268 e. The molecule has 0 radical (unpaired) electrons. The number of nitrogens with one attached hydrogen (secondary N) is 1. The Labute approximate surface area is 136 Å². The van der Waals surface area contributed by atoms with Crippen molar-refractivity contribution in [2.75, 3.05) is 0 Å². The van der Waals surface area contributed by atoms with Crippen LogP contribution < -0.4 is 5.32 Å². The summed E-state index contributed by atoms with van der Waals surface area (Å²) >= 11 is 10.8. The van der Waals surface area contributed by atoms with E-state index in [2.05, 4.69) is 21.2 Å². The van der Waals surface area contributed by atoms with Crippen LogP contribution >= 0.6 is 38.9 Å². The summed E-state index contributed by atoms with van der Waals surface area (Å²) in [4.78, 5) is 13.4. The van der Waals surface area contributed by atoms with E-state index in [9.17, 15) is 4.79 Å². The summed E-state index contributed by atoms with van der Waals surface area (Å²) in [5, 5.41) is 3.01. The summed E-state index contributed by atoms with van der Waals surface area (Å²) in [5.41, 5.74) is 0.654. The maximum atomic E-state index is 12.4. The maximum Gasteiger partial charge on any atom is 0.268 e. The van der Waals surface area contributed by atoms with Crippen LogP contribution in [0.3, 0.4) is 0 Å². The van der Waals surface area contributed by atoms with Crippen molar-refractivity contribution in [3.05, 3.63) is 43.8 Å². The molecule has 3 nitrogen and oxygen atoms in total. The van der Waals surface area contributed by atoms with Gasteiger partial charge in [0.2, 0.25) is 0 Å². The fourth-order valence-electron chi connectivity index (χ4n) is 1.96. The van der Waals surface area contributed by atoms with Crippen molar-refractivity contribution in [1.82, 2.24) is 9.88 Å². The number of aromatic nitrogens is 1. The molecule has 6 heteroatoms. The Balaban J connectivity index is 2.16. The highest BCUT2D eigenvalue weighted by Gasteiger charge is 2.18. The quantitative estimate of drug-likeness (QED) is 0.798. The van der Waals surface area contributed by atoms with Gasteiger partial charge in [-0.05, 0) is 54.9 Å². The molecular formula is C14H16BrClN2OS. The Hall–Kier alpha value is -0.780. The zero-order chi connectivity index (χ0) is 14.9. The van der Waals surface area contributed by atoms with E-state index in [0.29, 0.717) is 5.69 Å². The van der Waals surface area contributed by atoms with E-state index in [1.54, 1.807) is 0 Å². The molecule has 0 aliphatic rings. The summed E-state index contributed by atoms with van der Waals surface area (Å²) in [6.07, 6.45) is 1.92. The van der Waals surface area contributed by atoms with Gasteiger partial charge in [0.1, 0.15) is 5.69 Å². The largest absolute Gasteiger partial charge is 0.343 e. The van der Waals surface area contributed by atoms with Gasteiger partial charge in [0.05, 0.1) is 10.4 Å². The number of hydrogen-bond donors (Lipinski definition) is 1. The van der Waals surface area contributed by atoms with Crippen LogP contribution in [0.5, 0.6) is 0 Å². The van der Waals surface area contributed by atoms with Gasteiger partial charge in [0, 0.05) is 21.6 Å². The highest BCUT2D eigenvalue weighted by atomic mass is 79.9. The summed E-state index contributed by atoms with van der Waals surface area (Å²) < 4.78 is 3.59. The first-order valence-corrected chi connectivity index (χ1v) is 8.30. The number of hydrogen-bond acceptors (Lipinski definition) is 2. The van der Waals surface area contributed by atoms with Crippen LogP contribution in [-0.4, -0.2) is 10.5 Å². The Morgan fingerprint density at radius 1 is 1.40 bits per heavy atom. The lowest BCUT2D eigenvalue weighted by Crippen LogP contribution is -2.28. The minimum absolute atomic E-state index is 0.0608. The SMILES string of the molecule is CC(NC(=O)c1cc(Br)cn1C(C)C)c1ccc(Cl)s1. The second kappa shape index (κ2) is 6.33. The summed E-state index contributed by atoms with van der Waals surface area (Å²) in [7, 11) is 0. The molecular weight excluding hydrogens is 360 g/mol. The molecule has 0 aromatic carbocycles. The summed E-state index contributed by atoms with van der Waals surface area (Å²) in [6.45, 7) is 6.05. The van der Waals surface area contributed by atoms with Crippen LogP contribution in [0.2, 0.25) is 4.34 Å². The number of thiophene rings is 1. The highest BCUT2D eigenvalue weighted by Crippen LogP contribution is 2.27. The van der Waals surface area contributed by atoms with Gasteiger partial charge in [-0.1, -0.05) is 11.6 Å². The number of carbonyl (C=O) groups is 1. The molecule has 1 atom stereocenters. The predicted octanol–water partition coefficient (Wildman–Crippen LogP) is 5.04. The van der Waals surface area contributed by atoms with Crippen molar-refractivity contribution in [2.45, 2.75) is 32.9 Å². The van der Waals surface area contributed by atoms with Crippen molar-refractivity contribution in [3.8, 4) is 0 Å². The standard InChI is InChI=1S/C14H16BrClN2OS/c1-8(2)18-7-10(15)6-11(18)14(19)17-9(3)12-4-5-13(16)20-12/h4-9H,1-3H3,(H,17,19). The Morgan fingerprint density at radius 2 is 2.10 bits per heavy atom. The van der Waals surface area contributed by atoms with E-state index in [1.165, 1.54) is 11.3 Å². The molecule has 2 aromatic heterocycles. The molecule has 0 spiro atoms. The second-order valence-corrected chi connectivity index (χ2v) is 7.54. The third-order valence-electron chi connectivity index (χ3n) is 2.97. The molecule has 2 heterocycles. The lowest BCUT2D eigenvalue weighted by atomic mass is 10.2. The minimum Gasteiger partial charge on any atom is -0.343 e. The third kappa shape index (κ3) is 3.45. The van der Waals surface area contributed by atoms with E-state index < -0.39 is 0 Å². The molecule has 1 amide bonds. The Morgan fingerprint density at radius 3 is 2.65 bits per heavy atom. The first-order chi connectivity index (χ1) is 9.38. The van der Waals surface area contributed by atoms with Gasteiger partial charge in [-0.25, -0.2) is 0 Å². The summed E-state index contributed by atoms with van der Waals surface area (Å²) in [6, 6.07) is 5.79. The van der Waals surface area contributed by atoms with E-state index in [4.69, 9.17) is 11.6 Å². The molecule has 20 heavy (non-hydrogen) atoms. The van der Waals surface area contributed by atoms with Crippen molar-refractivity contribution in [2.24, 2.45) is 0 Å². The van der Waals surface area contributed by atoms with Gasteiger partial charge in [-0.3, -0.25) is 4.79 Å².